The molecule has 1 heterocycles. The fourth-order valence-corrected chi connectivity index (χ4v) is 2.87. The summed E-state index contributed by atoms with van der Waals surface area (Å²) in [7, 11) is 1.61. The van der Waals surface area contributed by atoms with Gasteiger partial charge in [-0.1, -0.05) is 6.07 Å². The zero-order chi connectivity index (χ0) is 17.5. The Labute approximate surface area is 144 Å². The monoisotopic (exact) mass is 336 g/mol. The second-order valence-electron chi connectivity index (χ2n) is 6.09. The molecule has 1 aliphatic rings. The van der Waals surface area contributed by atoms with Crippen molar-refractivity contribution in [2.24, 2.45) is 0 Å². The van der Waals surface area contributed by atoms with Crippen LogP contribution in [-0.4, -0.2) is 80.0 Å². The maximum atomic E-state index is 12.6. The van der Waals surface area contributed by atoms with E-state index in [0.717, 1.165) is 24.4 Å². The minimum absolute atomic E-state index is 0.0304. The number of methoxy groups -OCH3 is 1. The van der Waals surface area contributed by atoms with Gasteiger partial charge in [0.05, 0.1) is 19.8 Å². The van der Waals surface area contributed by atoms with Crippen LogP contribution in [0.5, 0.6) is 5.75 Å². The van der Waals surface area contributed by atoms with Gasteiger partial charge in [-0.3, -0.25) is 9.69 Å². The number of benzene rings is 1. The Morgan fingerprint density at radius 3 is 2.62 bits per heavy atom. The number of rotatable bonds is 7. The Morgan fingerprint density at radius 2 is 2.00 bits per heavy atom. The van der Waals surface area contributed by atoms with Gasteiger partial charge in [-0.25, -0.2) is 0 Å². The van der Waals surface area contributed by atoms with Crippen LogP contribution in [0.4, 0.5) is 0 Å². The highest BCUT2D eigenvalue weighted by Crippen LogP contribution is 2.20. The Morgan fingerprint density at radius 1 is 1.29 bits per heavy atom. The van der Waals surface area contributed by atoms with Crippen molar-refractivity contribution in [3.05, 3.63) is 29.3 Å². The van der Waals surface area contributed by atoms with Crippen molar-refractivity contribution >= 4 is 5.91 Å². The molecule has 24 heavy (non-hydrogen) atoms. The number of amides is 1. The maximum absolute atomic E-state index is 12.6. The van der Waals surface area contributed by atoms with Gasteiger partial charge in [0, 0.05) is 44.9 Å². The van der Waals surface area contributed by atoms with E-state index < -0.39 is 6.10 Å². The number of aliphatic hydroxyl groups is 1. The van der Waals surface area contributed by atoms with Crippen molar-refractivity contribution < 1.29 is 19.4 Å². The molecule has 0 aliphatic carbocycles. The summed E-state index contributed by atoms with van der Waals surface area (Å²) in [6.07, 6.45) is -0.478. The van der Waals surface area contributed by atoms with Crippen LogP contribution in [0.1, 0.15) is 22.8 Å². The second kappa shape index (κ2) is 9.01. The van der Waals surface area contributed by atoms with Gasteiger partial charge in [-0.05, 0) is 31.5 Å². The molecule has 0 saturated carbocycles. The van der Waals surface area contributed by atoms with Gasteiger partial charge in [-0.2, -0.15) is 0 Å². The molecule has 1 fully saturated rings. The Balaban J connectivity index is 1.86. The van der Waals surface area contributed by atoms with Gasteiger partial charge in [0.1, 0.15) is 5.75 Å². The number of ether oxygens (including phenoxy) is 2. The number of piperazine rings is 1. The first-order valence-electron chi connectivity index (χ1n) is 8.47. The minimum Gasteiger partial charge on any atom is -0.496 e. The van der Waals surface area contributed by atoms with Crippen molar-refractivity contribution in [2.45, 2.75) is 20.0 Å². The van der Waals surface area contributed by atoms with Crippen LogP contribution in [0.2, 0.25) is 0 Å². The maximum Gasteiger partial charge on any atom is 0.254 e. The van der Waals surface area contributed by atoms with Gasteiger partial charge < -0.3 is 19.5 Å². The molecule has 0 bridgehead atoms. The summed E-state index contributed by atoms with van der Waals surface area (Å²) < 4.78 is 10.5. The van der Waals surface area contributed by atoms with E-state index in [1.165, 1.54) is 0 Å². The highest BCUT2D eigenvalue weighted by molar-refractivity contribution is 5.94. The Kier molecular flexibility index (Phi) is 7.02. The molecule has 134 valence electrons. The van der Waals surface area contributed by atoms with Gasteiger partial charge >= 0.3 is 0 Å². The average molecular weight is 336 g/mol. The molecular weight excluding hydrogens is 308 g/mol. The Hall–Kier alpha value is -1.63. The third-order valence-corrected chi connectivity index (χ3v) is 4.30. The van der Waals surface area contributed by atoms with E-state index in [4.69, 9.17) is 9.47 Å². The average Bonchev–Trinajstić information content (AvgIpc) is 2.60. The number of aliphatic hydroxyl groups excluding tert-OH is 1. The number of hydrogen-bond acceptors (Lipinski definition) is 5. The van der Waals surface area contributed by atoms with Crippen molar-refractivity contribution in [1.82, 2.24) is 9.80 Å². The van der Waals surface area contributed by atoms with Gasteiger partial charge in [0.15, 0.2) is 0 Å². The molecule has 1 N–H and O–H groups in total. The first-order chi connectivity index (χ1) is 11.5. The predicted molar refractivity (Wildman–Crippen MR) is 92.6 cm³/mol. The zero-order valence-electron chi connectivity index (χ0n) is 14.8. The van der Waals surface area contributed by atoms with E-state index in [-0.39, 0.29) is 5.91 Å². The summed E-state index contributed by atoms with van der Waals surface area (Å²) in [4.78, 5) is 16.7. The standard InChI is InChI=1S/C18H28N2O4/c1-4-24-13-16(21)12-19-7-9-20(10-8-19)18(22)15-6-5-14(2)17(11-15)23-3/h5-6,11,16,21H,4,7-10,12-13H2,1-3H3. The summed E-state index contributed by atoms with van der Waals surface area (Å²) in [5.41, 5.74) is 1.67. The zero-order valence-corrected chi connectivity index (χ0v) is 14.8. The molecule has 1 saturated heterocycles. The van der Waals surface area contributed by atoms with E-state index in [1.807, 2.05) is 30.9 Å². The number of carbonyl (C=O) groups excluding carboxylic acids is 1. The topological polar surface area (TPSA) is 62.2 Å². The number of aryl methyl sites for hydroxylation is 1. The van der Waals surface area contributed by atoms with E-state index in [1.54, 1.807) is 13.2 Å². The van der Waals surface area contributed by atoms with Crippen LogP contribution in [0.15, 0.2) is 18.2 Å². The van der Waals surface area contributed by atoms with Crippen LogP contribution in [-0.2, 0) is 4.74 Å². The SMILES string of the molecule is CCOCC(O)CN1CCN(C(=O)c2ccc(C)c(OC)c2)CC1. The first kappa shape index (κ1) is 18.7. The van der Waals surface area contributed by atoms with Crippen LogP contribution in [0, 0.1) is 6.92 Å². The molecule has 1 atom stereocenters. The lowest BCUT2D eigenvalue weighted by atomic mass is 10.1. The summed E-state index contributed by atoms with van der Waals surface area (Å²) in [5.74, 6) is 0.765. The normalized spacial score (nSPS) is 16.9. The Bertz CT molecular complexity index is 542. The molecular formula is C18H28N2O4. The number of hydrogen-bond donors (Lipinski definition) is 1. The quantitative estimate of drug-likeness (QED) is 0.810. The molecule has 1 aliphatic heterocycles. The van der Waals surface area contributed by atoms with Gasteiger partial charge in [-0.15, -0.1) is 0 Å². The smallest absolute Gasteiger partial charge is 0.254 e. The molecule has 1 amide bonds. The molecule has 0 spiro atoms. The highest BCUT2D eigenvalue weighted by Gasteiger charge is 2.23. The number of β-amino-alcohol motifs (C(OH)–C–C–N with tert-alkyl or cyclic N) is 1. The fourth-order valence-electron chi connectivity index (χ4n) is 2.87. The highest BCUT2D eigenvalue weighted by atomic mass is 16.5. The molecule has 1 aromatic rings. The molecule has 0 radical (unpaired) electrons. The summed E-state index contributed by atoms with van der Waals surface area (Å²) >= 11 is 0. The molecule has 1 aromatic carbocycles. The van der Waals surface area contributed by atoms with E-state index >= 15 is 0 Å². The molecule has 0 aromatic heterocycles. The van der Waals surface area contributed by atoms with Crippen LogP contribution < -0.4 is 4.74 Å². The fraction of sp³-hybridized carbons (Fsp3) is 0.611. The predicted octanol–water partition coefficient (Wildman–Crippen LogP) is 1.16. The minimum atomic E-state index is -0.478. The van der Waals surface area contributed by atoms with Crippen molar-refractivity contribution in [3.63, 3.8) is 0 Å². The van der Waals surface area contributed by atoms with Crippen LogP contribution in [0.25, 0.3) is 0 Å². The third kappa shape index (κ3) is 4.93. The van der Waals surface area contributed by atoms with Gasteiger partial charge in [0.2, 0.25) is 0 Å². The summed E-state index contributed by atoms with van der Waals surface area (Å²) in [6.45, 7) is 8.28. The molecule has 6 heteroatoms. The lowest BCUT2D eigenvalue weighted by molar-refractivity contribution is 0.0111. The number of nitrogens with zero attached hydrogens (tertiary/aromatic N) is 2. The van der Waals surface area contributed by atoms with Crippen LogP contribution >= 0.6 is 0 Å². The summed E-state index contributed by atoms with van der Waals surface area (Å²) in [6, 6.07) is 5.56. The van der Waals surface area contributed by atoms with E-state index in [0.29, 0.717) is 38.4 Å². The van der Waals surface area contributed by atoms with Crippen molar-refractivity contribution in [1.29, 1.82) is 0 Å². The first-order valence-corrected chi connectivity index (χ1v) is 8.47. The third-order valence-electron chi connectivity index (χ3n) is 4.30. The van der Waals surface area contributed by atoms with E-state index in [9.17, 15) is 9.90 Å². The molecule has 6 nitrogen and oxygen atoms in total. The summed E-state index contributed by atoms with van der Waals surface area (Å²) in [5, 5.41) is 9.91. The largest absolute Gasteiger partial charge is 0.496 e. The number of carbonyl (C=O) groups is 1. The molecule has 2 rings (SSSR count). The van der Waals surface area contributed by atoms with Crippen molar-refractivity contribution in [2.75, 3.05) is 53.0 Å². The van der Waals surface area contributed by atoms with Crippen molar-refractivity contribution in [3.8, 4) is 5.75 Å². The molecule has 1 unspecified atom stereocenters. The lowest BCUT2D eigenvalue weighted by Crippen LogP contribution is -2.50. The van der Waals surface area contributed by atoms with Crippen LogP contribution in [0.3, 0.4) is 0 Å². The second-order valence-corrected chi connectivity index (χ2v) is 6.09. The van der Waals surface area contributed by atoms with Gasteiger partial charge in [0.25, 0.3) is 5.91 Å². The van der Waals surface area contributed by atoms with E-state index in [2.05, 4.69) is 4.90 Å². The lowest BCUT2D eigenvalue weighted by Gasteiger charge is -2.35.